The van der Waals surface area contributed by atoms with Gasteiger partial charge in [0.1, 0.15) is 12.4 Å². The molecule has 2 aromatic carbocycles. The van der Waals surface area contributed by atoms with E-state index >= 15 is 0 Å². The van der Waals surface area contributed by atoms with Crippen LogP contribution in [0.4, 0.5) is 0 Å². The minimum absolute atomic E-state index is 0.0422. The van der Waals surface area contributed by atoms with E-state index in [1.165, 1.54) is 13.0 Å². The quantitative estimate of drug-likeness (QED) is 0.555. The van der Waals surface area contributed by atoms with Crippen molar-refractivity contribution in [2.75, 3.05) is 0 Å². The van der Waals surface area contributed by atoms with Gasteiger partial charge in [0.25, 0.3) is 0 Å². The van der Waals surface area contributed by atoms with Crippen molar-refractivity contribution < 1.29 is 9.66 Å². The van der Waals surface area contributed by atoms with Crippen molar-refractivity contribution in [1.29, 1.82) is 0 Å². The van der Waals surface area contributed by atoms with Crippen LogP contribution in [0.1, 0.15) is 18.1 Å². The van der Waals surface area contributed by atoms with Crippen LogP contribution in [-0.2, 0) is 6.61 Å². The van der Waals surface area contributed by atoms with Gasteiger partial charge in [0.15, 0.2) is 0 Å². The summed E-state index contributed by atoms with van der Waals surface area (Å²) in [4.78, 5) is 10.3. The third-order valence-electron chi connectivity index (χ3n) is 2.97. The fourth-order valence-corrected chi connectivity index (χ4v) is 2.27. The zero-order valence-corrected chi connectivity index (χ0v) is 13.3. The van der Waals surface area contributed by atoms with Crippen molar-refractivity contribution in [3.05, 3.63) is 79.4 Å². The first-order chi connectivity index (χ1) is 10.5. The highest BCUT2D eigenvalue weighted by Crippen LogP contribution is 2.25. The lowest BCUT2D eigenvalue weighted by Crippen LogP contribution is -1.99. The Morgan fingerprint density at radius 3 is 2.68 bits per heavy atom. The number of halogens is 2. The summed E-state index contributed by atoms with van der Waals surface area (Å²) in [5.74, 6) is 0.551. The van der Waals surface area contributed by atoms with Gasteiger partial charge in [-0.1, -0.05) is 47.5 Å². The molecule has 2 aromatic rings. The third kappa shape index (κ3) is 4.23. The lowest BCUT2D eigenvalue weighted by atomic mass is 10.1. The molecule has 0 aliphatic carbocycles. The van der Waals surface area contributed by atoms with Crippen LogP contribution >= 0.6 is 23.2 Å². The average molecular weight is 338 g/mol. The van der Waals surface area contributed by atoms with Gasteiger partial charge in [0, 0.05) is 34.2 Å². The molecule has 0 spiro atoms. The summed E-state index contributed by atoms with van der Waals surface area (Å²) in [6, 6.07) is 12.3. The molecule has 0 bridgehead atoms. The van der Waals surface area contributed by atoms with Crippen molar-refractivity contribution in [2.45, 2.75) is 13.5 Å². The van der Waals surface area contributed by atoms with Crippen molar-refractivity contribution in [3.63, 3.8) is 0 Å². The Morgan fingerprint density at radius 2 is 2.00 bits per heavy atom. The Hall–Kier alpha value is -2.04. The Balaban J connectivity index is 2.20. The van der Waals surface area contributed by atoms with Crippen LogP contribution in [-0.4, -0.2) is 4.92 Å². The summed E-state index contributed by atoms with van der Waals surface area (Å²) in [5.41, 5.74) is 1.47. The Labute approximate surface area is 138 Å². The highest BCUT2D eigenvalue weighted by atomic mass is 35.5. The first-order valence-corrected chi connectivity index (χ1v) is 7.21. The predicted octanol–water partition coefficient (Wildman–Crippen LogP) is 5.21. The molecule has 22 heavy (non-hydrogen) atoms. The number of para-hydroxylation sites is 1. The molecule has 0 N–H and O–H groups in total. The monoisotopic (exact) mass is 337 g/mol. The minimum Gasteiger partial charge on any atom is -0.488 e. The number of hydrogen-bond donors (Lipinski definition) is 0. The van der Waals surface area contributed by atoms with Crippen LogP contribution in [0.25, 0.3) is 6.08 Å². The van der Waals surface area contributed by atoms with Crippen LogP contribution < -0.4 is 4.74 Å². The molecule has 0 saturated carbocycles. The SMILES string of the molecule is C/C(=C/c1ccccc1OCc1ccc(Cl)cc1Cl)[N+](=O)[O-]. The zero-order valence-electron chi connectivity index (χ0n) is 11.8. The molecule has 0 fully saturated rings. The van der Waals surface area contributed by atoms with Gasteiger partial charge < -0.3 is 4.74 Å². The Morgan fingerprint density at radius 1 is 1.27 bits per heavy atom. The molecule has 0 aliphatic rings. The molecule has 0 radical (unpaired) electrons. The number of nitro groups is 1. The topological polar surface area (TPSA) is 52.4 Å². The van der Waals surface area contributed by atoms with Gasteiger partial charge in [-0.25, -0.2) is 0 Å². The molecular formula is C16H13Cl2NO3. The van der Waals surface area contributed by atoms with Gasteiger partial charge in [0.2, 0.25) is 5.70 Å². The van der Waals surface area contributed by atoms with Crippen molar-refractivity contribution in [3.8, 4) is 5.75 Å². The molecule has 0 aliphatic heterocycles. The molecule has 0 saturated heterocycles. The number of benzene rings is 2. The standard InChI is InChI=1S/C16H13Cl2NO3/c1-11(19(20)21)8-12-4-2-3-5-16(12)22-10-13-6-7-14(17)9-15(13)18/h2-9H,10H2,1H3/b11-8-. The summed E-state index contributed by atoms with van der Waals surface area (Å²) >= 11 is 11.9. The molecule has 0 atom stereocenters. The molecule has 2 rings (SSSR count). The Bertz CT molecular complexity index is 729. The fraction of sp³-hybridized carbons (Fsp3) is 0.125. The van der Waals surface area contributed by atoms with E-state index in [2.05, 4.69) is 0 Å². The van der Waals surface area contributed by atoms with Gasteiger partial charge in [-0.05, 0) is 18.2 Å². The second kappa shape index (κ2) is 7.29. The van der Waals surface area contributed by atoms with E-state index in [0.717, 1.165) is 5.56 Å². The molecule has 0 amide bonds. The second-order valence-corrected chi connectivity index (χ2v) is 5.45. The van der Waals surface area contributed by atoms with E-state index in [1.807, 2.05) is 0 Å². The second-order valence-electron chi connectivity index (χ2n) is 4.61. The molecular weight excluding hydrogens is 325 g/mol. The number of rotatable bonds is 5. The van der Waals surface area contributed by atoms with E-state index in [1.54, 1.807) is 42.5 Å². The van der Waals surface area contributed by atoms with Gasteiger partial charge in [-0.15, -0.1) is 0 Å². The molecule has 0 heterocycles. The molecule has 6 heteroatoms. The van der Waals surface area contributed by atoms with E-state index in [4.69, 9.17) is 27.9 Å². The smallest absolute Gasteiger partial charge is 0.243 e. The van der Waals surface area contributed by atoms with Crippen LogP contribution in [0.3, 0.4) is 0 Å². The highest BCUT2D eigenvalue weighted by Gasteiger charge is 2.08. The maximum absolute atomic E-state index is 10.7. The number of hydrogen-bond acceptors (Lipinski definition) is 3. The summed E-state index contributed by atoms with van der Waals surface area (Å²) in [7, 11) is 0. The molecule has 4 nitrogen and oxygen atoms in total. The lowest BCUT2D eigenvalue weighted by Gasteiger charge is -2.10. The molecule has 0 unspecified atom stereocenters. The van der Waals surface area contributed by atoms with E-state index < -0.39 is 4.92 Å². The van der Waals surface area contributed by atoms with E-state index in [0.29, 0.717) is 21.4 Å². The number of allylic oxidation sites excluding steroid dienone is 1. The number of nitrogens with zero attached hydrogens (tertiary/aromatic N) is 1. The first-order valence-electron chi connectivity index (χ1n) is 6.46. The van der Waals surface area contributed by atoms with Crippen LogP contribution in [0.5, 0.6) is 5.75 Å². The van der Waals surface area contributed by atoms with Gasteiger partial charge >= 0.3 is 0 Å². The highest BCUT2D eigenvalue weighted by molar-refractivity contribution is 6.35. The zero-order chi connectivity index (χ0) is 16.1. The van der Waals surface area contributed by atoms with Crippen LogP contribution in [0, 0.1) is 10.1 Å². The number of ether oxygens (including phenoxy) is 1. The first kappa shape index (κ1) is 16.3. The fourth-order valence-electron chi connectivity index (χ4n) is 1.80. The lowest BCUT2D eigenvalue weighted by molar-refractivity contribution is -0.422. The largest absolute Gasteiger partial charge is 0.488 e. The van der Waals surface area contributed by atoms with Gasteiger partial charge in [0.05, 0.1) is 4.92 Å². The predicted molar refractivity (Wildman–Crippen MR) is 87.9 cm³/mol. The van der Waals surface area contributed by atoms with Crippen molar-refractivity contribution >= 4 is 29.3 Å². The van der Waals surface area contributed by atoms with Crippen LogP contribution in [0.2, 0.25) is 10.0 Å². The summed E-state index contributed by atoms with van der Waals surface area (Å²) < 4.78 is 5.73. The summed E-state index contributed by atoms with van der Waals surface area (Å²) in [6.45, 7) is 1.69. The normalized spacial score (nSPS) is 11.3. The molecule has 114 valence electrons. The summed E-state index contributed by atoms with van der Waals surface area (Å²) in [6.07, 6.45) is 1.47. The average Bonchev–Trinajstić information content (AvgIpc) is 2.47. The van der Waals surface area contributed by atoms with Gasteiger partial charge in [-0.2, -0.15) is 0 Å². The van der Waals surface area contributed by atoms with E-state index in [9.17, 15) is 10.1 Å². The summed E-state index contributed by atoms with van der Waals surface area (Å²) in [5, 5.41) is 11.8. The Kier molecular flexibility index (Phi) is 5.41. The van der Waals surface area contributed by atoms with Crippen molar-refractivity contribution in [2.24, 2.45) is 0 Å². The van der Waals surface area contributed by atoms with Gasteiger partial charge in [-0.3, -0.25) is 10.1 Å². The van der Waals surface area contributed by atoms with E-state index in [-0.39, 0.29) is 12.3 Å². The third-order valence-corrected chi connectivity index (χ3v) is 3.56. The minimum atomic E-state index is -0.438. The molecule has 0 aromatic heterocycles. The maximum atomic E-state index is 10.7. The maximum Gasteiger partial charge on any atom is 0.243 e. The van der Waals surface area contributed by atoms with Crippen LogP contribution in [0.15, 0.2) is 48.2 Å². The van der Waals surface area contributed by atoms with Crippen molar-refractivity contribution in [1.82, 2.24) is 0 Å².